The van der Waals surface area contributed by atoms with E-state index in [1.165, 1.54) is 12.2 Å². The Morgan fingerprint density at radius 1 is 0.905 bits per heavy atom. The van der Waals surface area contributed by atoms with Crippen molar-refractivity contribution in [3.63, 3.8) is 0 Å². The molecule has 2 amide bonds. The van der Waals surface area contributed by atoms with Crippen LogP contribution in [0.4, 0.5) is 0 Å². The minimum absolute atomic E-state index is 0.105. The summed E-state index contributed by atoms with van der Waals surface area (Å²) < 4.78 is 0. The maximum Gasteiger partial charge on any atom is 0.244 e. The number of carbonyl (C=O) groups excluding carboxylic acids is 2. The highest BCUT2D eigenvalue weighted by Crippen LogP contribution is 2.00. The molecule has 4 nitrogen and oxygen atoms in total. The first-order valence-electron chi connectivity index (χ1n) is 7.18. The second-order valence-electron chi connectivity index (χ2n) is 4.87. The topological polar surface area (TPSA) is 58.2 Å². The molecule has 0 aliphatic heterocycles. The lowest BCUT2D eigenvalue weighted by atomic mass is 10.0. The van der Waals surface area contributed by atoms with Gasteiger partial charge in [-0.15, -0.1) is 0 Å². The number of hydrogen-bond acceptors (Lipinski definition) is 2. The number of carbonyl (C=O) groups is 2. The van der Waals surface area contributed by atoms with Gasteiger partial charge in [-0.2, -0.15) is 0 Å². The van der Waals surface area contributed by atoms with E-state index in [1.54, 1.807) is 24.3 Å². The first-order valence-corrected chi connectivity index (χ1v) is 7.18. The Kier molecular flexibility index (Phi) is 10.5. The summed E-state index contributed by atoms with van der Waals surface area (Å²) in [6, 6.07) is -0.105. The molecule has 1 atom stereocenters. The Morgan fingerprint density at radius 3 is 1.90 bits per heavy atom. The molecule has 0 fully saturated rings. The van der Waals surface area contributed by atoms with E-state index in [9.17, 15) is 9.59 Å². The van der Waals surface area contributed by atoms with E-state index >= 15 is 0 Å². The van der Waals surface area contributed by atoms with Gasteiger partial charge in [0.15, 0.2) is 0 Å². The summed E-state index contributed by atoms with van der Waals surface area (Å²) in [5.74, 6) is -0.105. The molecule has 21 heavy (non-hydrogen) atoms. The summed E-state index contributed by atoms with van der Waals surface area (Å²) in [6.45, 7) is 8.18. The van der Waals surface area contributed by atoms with Gasteiger partial charge in [0.25, 0.3) is 0 Å². The molecule has 0 aromatic heterocycles. The van der Waals surface area contributed by atoms with Gasteiger partial charge in [-0.3, -0.25) is 9.59 Å². The third-order valence-corrected chi connectivity index (χ3v) is 2.73. The SMILES string of the molecule is C/C=C/C=C/C(=O)NC[C@H](NC(=O)/C=C/C=C/C)C(C)C. The minimum Gasteiger partial charge on any atom is -0.350 e. The molecule has 0 aromatic rings. The molecular weight excluding hydrogens is 264 g/mol. The largest absolute Gasteiger partial charge is 0.350 e. The number of allylic oxidation sites excluding steroid dienone is 6. The fourth-order valence-electron chi connectivity index (χ4n) is 1.46. The third kappa shape index (κ3) is 10.4. The summed E-state index contributed by atoms with van der Waals surface area (Å²) in [4.78, 5) is 23.3. The van der Waals surface area contributed by atoms with Gasteiger partial charge in [0, 0.05) is 24.7 Å². The van der Waals surface area contributed by atoms with Gasteiger partial charge in [-0.05, 0) is 19.8 Å². The van der Waals surface area contributed by atoms with Crippen LogP contribution in [0.25, 0.3) is 0 Å². The summed E-state index contributed by atoms with van der Waals surface area (Å²) in [5, 5.41) is 5.67. The van der Waals surface area contributed by atoms with Crippen LogP contribution in [-0.2, 0) is 9.59 Å². The average Bonchev–Trinajstić information content (AvgIpc) is 2.43. The average molecular weight is 290 g/mol. The molecule has 4 heteroatoms. The van der Waals surface area contributed by atoms with Crippen molar-refractivity contribution in [2.24, 2.45) is 5.92 Å². The highest BCUT2D eigenvalue weighted by molar-refractivity contribution is 5.89. The summed E-state index contributed by atoms with van der Waals surface area (Å²) in [7, 11) is 0. The van der Waals surface area contributed by atoms with Crippen molar-refractivity contribution < 1.29 is 9.59 Å². The van der Waals surface area contributed by atoms with E-state index in [4.69, 9.17) is 0 Å². The molecule has 0 heterocycles. The zero-order valence-corrected chi connectivity index (χ0v) is 13.3. The van der Waals surface area contributed by atoms with Crippen molar-refractivity contribution in [3.8, 4) is 0 Å². The van der Waals surface area contributed by atoms with Gasteiger partial charge in [0.05, 0.1) is 0 Å². The third-order valence-electron chi connectivity index (χ3n) is 2.73. The fourth-order valence-corrected chi connectivity index (χ4v) is 1.46. The Bertz CT molecular complexity index is 432. The molecule has 0 aliphatic rings. The maximum atomic E-state index is 11.7. The van der Waals surface area contributed by atoms with Gasteiger partial charge in [0.2, 0.25) is 11.8 Å². The molecule has 0 aromatic carbocycles. The van der Waals surface area contributed by atoms with Crippen LogP contribution in [0.15, 0.2) is 48.6 Å². The Balaban J connectivity index is 4.37. The second-order valence-corrected chi connectivity index (χ2v) is 4.87. The van der Waals surface area contributed by atoms with Crippen LogP contribution in [0, 0.1) is 5.92 Å². The molecular formula is C17H26N2O2. The van der Waals surface area contributed by atoms with E-state index in [2.05, 4.69) is 10.6 Å². The molecule has 0 rings (SSSR count). The maximum absolute atomic E-state index is 11.7. The van der Waals surface area contributed by atoms with Gasteiger partial charge >= 0.3 is 0 Å². The molecule has 0 bridgehead atoms. The van der Waals surface area contributed by atoms with Gasteiger partial charge in [-0.1, -0.05) is 50.3 Å². The van der Waals surface area contributed by atoms with Gasteiger partial charge < -0.3 is 10.6 Å². The lowest BCUT2D eigenvalue weighted by Gasteiger charge is -2.21. The molecule has 0 aliphatic carbocycles. The fraction of sp³-hybridized carbons (Fsp3) is 0.412. The monoisotopic (exact) mass is 290 g/mol. The van der Waals surface area contributed by atoms with E-state index < -0.39 is 0 Å². The lowest BCUT2D eigenvalue weighted by Crippen LogP contribution is -2.45. The smallest absolute Gasteiger partial charge is 0.244 e. The van der Waals surface area contributed by atoms with E-state index in [0.29, 0.717) is 6.54 Å². The summed E-state index contributed by atoms with van der Waals surface area (Å²) >= 11 is 0. The van der Waals surface area contributed by atoms with Crippen molar-refractivity contribution in [1.29, 1.82) is 0 Å². The standard InChI is InChI=1S/C17H26N2O2/c1-5-7-9-11-16(20)18-13-15(14(3)4)19-17(21)12-10-8-6-2/h5-12,14-15H,13H2,1-4H3,(H,18,20)(H,19,21)/b7-5+,8-6+,11-9+,12-10+/t15-/m0/s1. The highest BCUT2D eigenvalue weighted by Gasteiger charge is 2.15. The van der Waals surface area contributed by atoms with Crippen LogP contribution in [0.5, 0.6) is 0 Å². The predicted octanol–water partition coefficient (Wildman–Crippen LogP) is 2.51. The zero-order valence-electron chi connectivity index (χ0n) is 13.3. The number of amides is 2. The van der Waals surface area contributed by atoms with Gasteiger partial charge in [-0.25, -0.2) is 0 Å². The number of rotatable bonds is 8. The summed E-state index contributed by atoms with van der Waals surface area (Å²) in [6.07, 6.45) is 13.6. The van der Waals surface area contributed by atoms with Gasteiger partial charge in [0.1, 0.15) is 0 Å². The van der Waals surface area contributed by atoms with Crippen molar-refractivity contribution in [2.45, 2.75) is 33.7 Å². The Labute approximate surface area is 127 Å². The Hall–Kier alpha value is -2.10. The normalized spacial score (nSPS) is 13.8. The van der Waals surface area contributed by atoms with Crippen LogP contribution in [0.3, 0.4) is 0 Å². The lowest BCUT2D eigenvalue weighted by molar-refractivity contribution is -0.119. The Morgan fingerprint density at radius 2 is 1.43 bits per heavy atom. The molecule has 0 saturated heterocycles. The van der Waals surface area contributed by atoms with E-state index in [-0.39, 0.29) is 23.8 Å². The quantitative estimate of drug-likeness (QED) is 0.533. The second kappa shape index (κ2) is 11.7. The van der Waals surface area contributed by atoms with E-state index in [0.717, 1.165) is 0 Å². The van der Waals surface area contributed by atoms with Crippen LogP contribution in [0.2, 0.25) is 0 Å². The van der Waals surface area contributed by atoms with Crippen molar-refractivity contribution >= 4 is 11.8 Å². The van der Waals surface area contributed by atoms with Crippen molar-refractivity contribution in [2.75, 3.05) is 6.54 Å². The molecule has 0 unspecified atom stereocenters. The predicted molar refractivity (Wildman–Crippen MR) is 87.7 cm³/mol. The first-order chi connectivity index (χ1) is 10.0. The van der Waals surface area contributed by atoms with Crippen LogP contribution < -0.4 is 10.6 Å². The summed E-state index contributed by atoms with van der Waals surface area (Å²) in [5.41, 5.74) is 0. The number of hydrogen-bond donors (Lipinski definition) is 2. The molecule has 116 valence electrons. The zero-order chi connectivity index (χ0) is 16.1. The molecule has 0 saturated carbocycles. The number of nitrogens with one attached hydrogen (secondary N) is 2. The van der Waals surface area contributed by atoms with Crippen molar-refractivity contribution in [1.82, 2.24) is 10.6 Å². The molecule has 0 spiro atoms. The van der Waals surface area contributed by atoms with Crippen LogP contribution in [0.1, 0.15) is 27.7 Å². The molecule has 0 radical (unpaired) electrons. The molecule has 2 N–H and O–H groups in total. The van der Waals surface area contributed by atoms with Crippen molar-refractivity contribution in [3.05, 3.63) is 48.6 Å². The minimum atomic E-state index is -0.169. The van der Waals surface area contributed by atoms with Crippen LogP contribution in [-0.4, -0.2) is 24.4 Å². The highest BCUT2D eigenvalue weighted by atomic mass is 16.2. The first kappa shape index (κ1) is 18.9. The van der Waals surface area contributed by atoms with Crippen LogP contribution >= 0.6 is 0 Å². The van der Waals surface area contributed by atoms with E-state index in [1.807, 2.05) is 39.8 Å².